The summed E-state index contributed by atoms with van der Waals surface area (Å²) in [6.07, 6.45) is 0. The molecule has 4 aromatic carbocycles. The summed E-state index contributed by atoms with van der Waals surface area (Å²) in [5.41, 5.74) is 6.52. The van der Waals surface area contributed by atoms with Gasteiger partial charge in [-0.05, 0) is 53.6 Å². The number of carbonyl (C=O) groups excluding carboxylic acids is 1. The zero-order chi connectivity index (χ0) is 26.2. The fraction of sp³-hybridized carbons (Fsp3) is 0.156. The van der Waals surface area contributed by atoms with Crippen molar-refractivity contribution in [3.63, 3.8) is 0 Å². The first kappa shape index (κ1) is 23.7. The third kappa shape index (κ3) is 3.86. The third-order valence-corrected chi connectivity index (χ3v) is 7.27. The van der Waals surface area contributed by atoms with Crippen molar-refractivity contribution in [2.45, 2.75) is 12.6 Å². The number of aromatic amines is 1. The summed E-state index contributed by atoms with van der Waals surface area (Å²) < 4.78 is 16.7. The van der Waals surface area contributed by atoms with Crippen LogP contribution in [0.2, 0.25) is 0 Å². The molecule has 6 nitrogen and oxygen atoms in total. The van der Waals surface area contributed by atoms with Gasteiger partial charge in [-0.15, -0.1) is 0 Å². The fourth-order valence-corrected chi connectivity index (χ4v) is 5.44. The van der Waals surface area contributed by atoms with Crippen LogP contribution in [0.3, 0.4) is 0 Å². The Bertz CT molecular complexity index is 1640. The van der Waals surface area contributed by atoms with Gasteiger partial charge in [0.15, 0.2) is 0 Å². The van der Waals surface area contributed by atoms with Crippen LogP contribution in [0.15, 0.2) is 91.0 Å². The van der Waals surface area contributed by atoms with Gasteiger partial charge in [0.05, 0.1) is 33.1 Å². The first-order valence-electron chi connectivity index (χ1n) is 12.5. The largest absolute Gasteiger partial charge is 0.497 e. The molecule has 0 saturated carbocycles. The molecule has 190 valence electrons. The van der Waals surface area contributed by atoms with Gasteiger partial charge in [-0.2, -0.15) is 0 Å². The van der Waals surface area contributed by atoms with E-state index < -0.39 is 0 Å². The van der Waals surface area contributed by atoms with Crippen molar-refractivity contribution in [2.24, 2.45) is 0 Å². The first-order valence-corrected chi connectivity index (χ1v) is 12.5. The molecule has 6 heteroatoms. The molecule has 1 N–H and O–H groups in total. The number of aromatic nitrogens is 1. The second kappa shape index (κ2) is 9.63. The van der Waals surface area contributed by atoms with Crippen LogP contribution >= 0.6 is 0 Å². The number of carbonyl (C=O) groups is 1. The number of fused-ring (bicyclic) bond motifs is 2. The minimum Gasteiger partial charge on any atom is -0.497 e. The quantitative estimate of drug-likeness (QED) is 0.271. The Morgan fingerprint density at radius 1 is 0.763 bits per heavy atom. The van der Waals surface area contributed by atoms with Crippen molar-refractivity contribution in [3.8, 4) is 28.5 Å². The lowest BCUT2D eigenvalue weighted by atomic mass is 9.92. The van der Waals surface area contributed by atoms with E-state index in [1.54, 1.807) is 21.3 Å². The van der Waals surface area contributed by atoms with E-state index in [1.807, 2.05) is 77.7 Å². The van der Waals surface area contributed by atoms with Crippen LogP contribution < -0.4 is 14.2 Å². The molecular weight excluding hydrogens is 476 g/mol. The van der Waals surface area contributed by atoms with E-state index in [0.29, 0.717) is 6.54 Å². The number of hydrogen-bond acceptors (Lipinski definition) is 4. The molecular formula is C32H28N2O4. The summed E-state index contributed by atoms with van der Waals surface area (Å²) in [4.78, 5) is 19.5. The number of ether oxygens (including phenoxy) is 3. The van der Waals surface area contributed by atoms with Gasteiger partial charge >= 0.3 is 0 Å². The Morgan fingerprint density at radius 3 is 2.24 bits per heavy atom. The van der Waals surface area contributed by atoms with Crippen molar-refractivity contribution in [1.29, 1.82) is 0 Å². The van der Waals surface area contributed by atoms with E-state index in [9.17, 15) is 4.79 Å². The van der Waals surface area contributed by atoms with E-state index in [-0.39, 0.29) is 11.9 Å². The molecule has 0 radical (unpaired) electrons. The van der Waals surface area contributed by atoms with Crippen molar-refractivity contribution in [1.82, 2.24) is 9.88 Å². The third-order valence-electron chi connectivity index (χ3n) is 7.27. The highest BCUT2D eigenvalue weighted by Crippen LogP contribution is 2.48. The average Bonchev–Trinajstić information content (AvgIpc) is 3.48. The Kier molecular flexibility index (Phi) is 6.00. The van der Waals surface area contributed by atoms with Crippen molar-refractivity contribution >= 4 is 16.8 Å². The number of rotatable bonds is 7. The molecule has 1 aromatic heterocycles. The molecule has 0 bridgehead atoms. The smallest absolute Gasteiger partial charge is 0.255 e. The average molecular weight is 505 g/mol. The number of benzene rings is 4. The summed E-state index contributed by atoms with van der Waals surface area (Å²) in [6, 6.07) is 29.4. The standard InChI is InChI=1S/C32H28N2O4/c1-36-21-14-12-20(13-15-21)19-34-31(23-8-4-5-9-24(23)32(34)35)29-25-10-6-7-11-27(25)33-30(29)26-18-22(37-2)16-17-28(26)38-3/h4-18,31,33H,19H2,1-3H3/t31-/m1/s1. The van der Waals surface area contributed by atoms with Crippen molar-refractivity contribution in [3.05, 3.63) is 113 Å². The van der Waals surface area contributed by atoms with Crippen LogP contribution in [-0.4, -0.2) is 37.1 Å². The number of H-pyrrole nitrogens is 1. The van der Waals surface area contributed by atoms with Crippen molar-refractivity contribution in [2.75, 3.05) is 21.3 Å². The van der Waals surface area contributed by atoms with Gasteiger partial charge in [0.25, 0.3) is 5.91 Å². The van der Waals surface area contributed by atoms with Gasteiger partial charge < -0.3 is 24.1 Å². The molecule has 0 aliphatic carbocycles. The Morgan fingerprint density at radius 2 is 1.47 bits per heavy atom. The maximum Gasteiger partial charge on any atom is 0.255 e. The van der Waals surface area contributed by atoms with Gasteiger partial charge in [-0.3, -0.25) is 4.79 Å². The maximum absolute atomic E-state index is 13.9. The van der Waals surface area contributed by atoms with Crippen LogP contribution in [0.1, 0.15) is 33.1 Å². The molecule has 0 fully saturated rings. The summed E-state index contributed by atoms with van der Waals surface area (Å²) >= 11 is 0. The topological polar surface area (TPSA) is 63.8 Å². The predicted molar refractivity (Wildman–Crippen MR) is 148 cm³/mol. The van der Waals surface area contributed by atoms with Crippen LogP contribution in [0.4, 0.5) is 0 Å². The minimum atomic E-state index is -0.303. The second-order valence-corrected chi connectivity index (χ2v) is 9.30. The van der Waals surface area contributed by atoms with Gasteiger partial charge in [0.2, 0.25) is 0 Å². The van der Waals surface area contributed by atoms with Crippen LogP contribution in [0.25, 0.3) is 22.2 Å². The Balaban J connectivity index is 1.59. The number of amides is 1. The molecule has 1 aliphatic heterocycles. The molecule has 5 aromatic rings. The number of nitrogens with one attached hydrogen (secondary N) is 1. The second-order valence-electron chi connectivity index (χ2n) is 9.30. The number of methoxy groups -OCH3 is 3. The number of nitrogens with zero attached hydrogens (tertiary/aromatic N) is 1. The molecule has 2 heterocycles. The summed E-state index contributed by atoms with van der Waals surface area (Å²) in [7, 11) is 4.97. The van der Waals surface area contributed by atoms with Crippen LogP contribution in [0, 0.1) is 0 Å². The Labute approximate surface area is 221 Å². The van der Waals surface area contributed by atoms with E-state index in [4.69, 9.17) is 14.2 Å². The predicted octanol–water partition coefficient (Wildman–Crippen LogP) is 6.61. The number of hydrogen-bond donors (Lipinski definition) is 1. The molecule has 0 unspecified atom stereocenters. The number of para-hydroxylation sites is 1. The van der Waals surface area contributed by atoms with E-state index >= 15 is 0 Å². The van der Waals surface area contributed by atoms with Gasteiger partial charge in [-0.25, -0.2) is 0 Å². The highest BCUT2D eigenvalue weighted by molar-refractivity contribution is 6.02. The Hall–Kier alpha value is -4.71. The van der Waals surface area contributed by atoms with Crippen molar-refractivity contribution < 1.29 is 19.0 Å². The zero-order valence-corrected chi connectivity index (χ0v) is 21.5. The van der Waals surface area contributed by atoms with Gasteiger partial charge in [-0.1, -0.05) is 48.5 Å². The van der Waals surface area contributed by atoms with E-state index in [1.165, 1.54) is 0 Å². The van der Waals surface area contributed by atoms with E-state index in [0.717, 1.165) is 61.7 Å². The lowest BCUT2D eigenvalue weighted by Crippen LogP contribution is -2.28. The highest BCUT2D eigenvalue weighted by atomic mass is 16.5. The fourth-order valence-electron chi connectivity index (χ4n) is 5.44. The van der Waals surface area contributed by atoms with E-state index in [2.05, 4.69) is 23.2 Å². The highest BCUT2D eigenvalue weighted by Gasteiger charge is 2.40. The molecule has 6 rings (SSSR count). The van der Waals surface area contributed by atoms with Crippen LogP contribution in [0.5, 0.6) is 17.2 Å². The SMILES string of the molecule is COc1ccc(CN2C(=O)c3ccccc3[C@@H]2c2c(-c3cc(OC)ccc3OC)[nH]c3ccccc23)cc1. The van der Waals surface area contributed by atoms with Gasteiger partial charge in [0, 0.05) is 34.1 Å². The monoisotopic (exact) mass is 504 g/mol. The molecule has 1 aliphatic rings. The molecule has 1 atom stereocenters. The molecule has 0 spiro atoms. The lowest BCUT2D eigenvalue weighted by molar-refractivity contribution is 0.0737. The zero-order valence-electron chi connectivity index (χ0n) is 21.5. The van der Waals surface area contributed by atoms with Crippen LogP contribution in [-0.2, 0) is 6.54 Å². The van der Waals surface area contributed by atoms with Gasteiger partial charge in [0.1, 0.15) is 17.2 Å². The maximum atomic E-state index is 13.9. The summed E-state index contributed by atoms with van der Waals surface area (Å²) in [5, 5.41) is 1.06. The lowest BCUT2D eigenvalue weighted by Gasteiger charge is -2.27. The normalized spacial score (nSPS) is 14.6. The summed E-state index contributed by atoms with van der Waals surface area (Å²) in [5.74, 6) is 2.24. The minimum absolute atomic E-state index is 0.00950. The molecule has 1 amide bonds. The molecule has 0 saturated heterocycles. The first-order chi connectivity index (χ1) is 18.6. The molecule has 38 heavy (non-hydrogen) atoms. The summed E-state index contributed by atoms with van der Waals surface area (Å²) in [6.45, 7) is 0.455.